The Morgan fingerprint density at radius 1 is 1.02 bits per heavy atom. The number of rotatable bonds is 9. The number of carbonyl (C=O) groups excluding carboxylic acids is 3. The van der Waals surface area contributed by atoms with Crippen LogP contribution in [0.3, 0.4) is 0 Å². The average Bonchev–Trinajstić information content (AvgIpc) is 3.25. The Bertz CT molecular complexity index is 1340. The van der Waals surface area contributed by atoms with Gasteiger partial charge in [-0.2, -0.15) is 13.2 Å². The van der Waals surface area contributed by atoms with Crippen molar-refractivity contribution in [3.05, 3.63) is 58.1 Å². The van der Waals surface area contributed by atoms with E-state index in [1.54, 1.807) is 11.0 Å². The summed E-state index contributed by atoms with van der Waals surface area (Å²) in [4.78, 5) is 42.1. The molecule has 8 nitrogen and oxygen atoms in total. The summed E-state index contributed by atoms with van der Waals surface area (Å²) in [6.45, 7) is 1.26. The van der Waals surface area contributed by atoms with Gasteiger partial charge >= 0.3 is 135 Å². The zero-order valence-electron chi connectivity index (χ0n) is 22.3. The van der Waals surface area contributed by atoms with Gasteiger partial charge in [0, 0.05) is 37.7 Å². The number of amides is 3. The summed E-state index contributed by atoms with van der Waals surface area (Å²) in [6.07, 6.45) is -4.53. The molecule has 2 aromatic carbocycles. The Balaban J connectivity index is 1.38. The number of nitrogens with zero attached hydrogens (tertiary/aromatic N) is 3. The van der Waals surface area contributed by atoms with E-state index in [0.717, 1.165) is 6.07 Å². The Morgan fingerprint density at radius 2 is 1.74 bits per heavy atom. The van der Waals surface area contributed by atoms with Crippen LogP contribution < -0.4 is 15.5 Å². The first kappa shape index (κ1) is 32.0. The predicted octanol–water partition coefficient (Wildman–Crippen LogP) is 3.75. The number of carbonyl (C=O) groups is 3. The third-order valence-electron chi connectivity index (χ3n) is 7.12. The molecule has 2 fully saturated rings. The molecule has 4 rings (SSSR count). The molecule has 42 heavy (non-hydrogen) atoms. The van der Waals surface area contributed by atoms with Crippen LogP contribution >= 0.6 is 11.6 Å². The third kappa shape index (κ3) is 8.14. The molecule has 0 bridgehead atoms. The topological polar surface area (TPSA) is 85.0 Å². The van der Waals surface area contributed by atoms with Crippen LogP contribution in [0.25, 0.3) is 0 Å². The van der Waals surface area contributed by atoms with Gasteiger partial charge < -0.3 is 10.2 Å². The molecule has 15 heteroatoms. The number of piperazine rings is 1. The molecule has 2 saturated heterocycles. The minimum absolute atomic E-state index is 0.113. The fourth-order valence-corrected chi connectivity index (χ4v) is 5.51. The van der Waals surface area contributed by atoms with Gasteiger partial charge in [-0.25, -0.2) is 0 Å². The van der Waals surface area contributed by atoms with Gasteiger partial charge in [0.25, 0.3) is 0 Å². The summed E-state index contributed by atoms with van der Waals surface area (Å²) >= 11 is 8.42. The molecule has 2 radical (unpaired) electrons. The van der Waals surface area contributed by atoms with Crippen LogP contribution in [0.15, 0.2) is 30.3 Å². The average molecular weight is 676 g/mol. The van der Waals surface area contributed by atoms with E-state index in [-0.39, 0.29) is 41.5 Å². The van der Waals surface area contributed by atoms with Gasteiger partial charge in [0.1, 0.15) is 0 Å². The normalized spacial score (nSPS) is 18.0. The molecule has 2 N–H and O–H groups in total. The van der Waals surface area contributed by atoms with Crippen molar-refractivity contribution in [3.8, 4) is 0 Å². The van der Waals surface area contributed by atoms with Gasteiger partial charge in [0.05, 0.1) is 17.8 Å². The fourth-order valence-electron chi connectivity index (χ4n) is 4.76. The van der Waals surface area contributed by atoms with E-state index in [0.29, 0.717) is 49.9 Å². The van der Waals surface area contributed by atoms with E-state index < -0.39 is 41.6 Å². The van der Waals surface area contributed by atoms with E-state index >= 15 is 0 Å². The number of anilines is 2. The number of likely N-dealkylation sites (tertiary alicyclic amines) is 1. The van der Waals surface area contributed by atoms with Crippen molar-refractivity contribution in [2.24, 2.45) is 0 Å². The molecule has 0 aliphatic carbocycles. The van der Waals surface area contributed by atoms with Crippen LogP contribution in [0.4, 0.5) is 33.3 Å². The molecule has 0 spiro atoms. The van der Waals surface area contributed by atoms with Crippen LogP contribution in [0.5, 0.6) is 0 Å². The van der Waals surface area contributed by atoms with Crippen molar-refractivity contribution >= 4 is 57.6 Å². The van der Waals surface area contributed by atoms with Crippen LogP contribution in [0, 0.1) is 11.6 Å². The Labute approximate surface area is 253 Å². The molecule has 226 valence electrons. The molecule has 2 aromatic rings. The summed E-state index contributed by atoms with van der Waals surface area (Å²) in [5, 5.41) is 5.40. The molecular weight excluding hydrogens is 648 g/mol. The van der Waals surface area contributed by atoms with E-state index in [2.05, 4.69) is 27.5 Å². The van der Waals surface area contributed by atoms with Crippen LogP contribution in [-0.4, -0.2) is 96.4 Å². The zero-order chi connectivity index (χ0) is 30.6. The van der Waals surface area contributed by atoms with Gasteiger partial charge in [0.2, 0.25) is 0 Å². The number of halogens is 6. The number of benzene rings is 2. The number of nitrogens with one attached hydrogen (secondary N) is 2. The number of alkyl halides is 3. The number of hydrogen-bond acceptors (Lipinski definition) is 5. The maximum atomic E-state index is 15.0. The predicted molar refractivity (Wildman–Crippen MR) is 148 cm³/mol. The van der Waals surface area contributed by atoms with Crippen LogP contribution in [0.2, 0.25) is 9.73 Å². The molecule has 1 unspecified atom stereocenters. The third-order valence-corrected chi connectivity index (χ3v) is 8.36. The molecule has 0 aromatic heterocycles. The number of hydrogen-bond donors (Lipinski definition) is 2. The van der Waals surface area contributed by atoms with E-state index in [1.165, 1.54) is 23.1 Å². The van der Waals surface area contributed by atoms with E-state index in [1.807, 2.05) is 4.90 Å². The van der Waals surface area contributed by atoms with Crippen LogP contribution in [0.1, 0.15) is 28.8 Å². The molecule has 2 aliphatic rings. The van der Waals surface area contributed by atoms with Crippen molar-refractivity contribution in [3.63, 3.8) is 0 Å². The summed E-state index contributed by atoms with van der Waals surface area (Å²) in [5.74, 6) is -4.30. The van der Waals surface area contributed by atoms with Crippen molar-refractivity contribution in [2.45, 2.75) is 30.3 Å². The molecule has 2 aliphatic heterocycles. The first-order chi connectivity index (χ1) is 19.8. The van der Waals surface area contributed by atoms with E-state index in [9.17, 15) is 36.3 Å². The summed E-state index contributed by atoms with van der Waals surface area (Å²) < 4.78 is 67.3. The van der Waals surface area contributed by atoms with Gasteiger partial charge in [-0.1, -0.05) is 11.6 Å². The van der Waals surface area contributed by atoms with Crippen molar-refractivity contribution in [1.29, 1.82) is 0 Å². The van der Waals surface area contributed by atoms with Gasteiger partial charge in [0.15, 0.2) is 0 Å². The molecule has 3 amide bonds. The zero-order valence-corrected chi connectivity index (χ0v) is 24.9. The first-order valence-electron chi connectivity index (χ1n) is 13.2. The van der Waals surface area contributed by atoms with Gasteiger partial charge in [-0.3, -0.25) is 9.69 Å². The van der Waals surface area contributed by atoms with Crippen molar-refractivity contribution < 1.29 is 36.3 Å². The Kier molecular flexibility index (Phi) is 10.4. The summed E-state index contributed by atoms with van der Waals surface area (Å²) in [5.41, 5.74) is 0.0335. The molecule has 1 atom stereocenters. The second-order valence-electron chi connectivity index (χ2n) is 10.1. The molecule has 2 heterocycles. The van der Waals surface area contributed by atoms with Crippen LogP contribution in [-0.2, 0) is 16.1 Å². The van der Waals surface area contributed by atoms with E-state index in [4.69, 9.17) is 11.6 Å². The first-order valence-corrected chi connectivity index (χ1v) is 14.6. The monoisotopic (exact) mass is 675 g/mol. The maximum absolute atomic E-state index is 15.0. The summed E-state index contributed by atoms with van der Waals surface area (Å²) in [7, 11) is 0. The standard InChI is InChI=1S/C27H28AsClF5N5O3/c28-19-5-7-39(26(19)42)15-22(40)35-14-16-1-3-18(24(31)23(16)30)25(41)36-20-4-2-17(29)13-21(20)38-11-9-37(10-12-38)8-6-27(32,33)34/h1-4,13,19H,5-12,14-15H2,(H,35,40)(H,36,41). The van der Waals surface area contributed by atoms with Crippen molar-refractivity contribution in [1.82, 2.24) is 15.1 Å². The SMILES string of the molecule is O=C(CN1CCC([As])C1=O)NCc1ccc(C(=O)Nc2ccc(Cl)cc2N2CCN(CCC(F)(F)F)CC2)c(F)c1F. The second-order valence-corrected chi connectivity index (χ2v) is 11.8. The quantitative estimate of drug-likeness (QED) is 0.313. The minimum atomic E-state index is -4.24. The molecular formula is C27H28AsClF5N5O3. The summed E-state index contributed by atoms with van der Waals surface area (Å²) in [6, 6.07) is 6.90. The van der Waals surface area contributed by atoms with Gasteiger partial charge in [-0.05, 0) is 18.2 Å². The second kappa shape index (κ2) is 13.6. The Morgan fingerprint density at radius 3 is 2.38 bits per heavy atom. The fraction of sp³-hybridized carbons (Fsp3) is 0.444. The molecule has 0 saturated carbocycles. The van der Waals surface area contributed by atoms with Gasteiger partial charge in [-0.15, -0.1) is 0 Å². The Hall–Kier alpha value is -2.89. The van der Waals surface area contributed by atoms with Crippen molar-refractivity contribution in [2.75, 3.05) is 56.0 Å².